The van der Waals surface area contributed by atoms with Crippen LogP contribution in [0.25, 0.3) is 11.1 Å². The van der Waals surface area contributed by atoms with Crippen LogP contribution in [0.1, 0.15) is 17.5 Å². The molecule has 1 N–H and O–H groups in total. The third kappa shape index (κ3) is 2.28. The zero-order valence-corrected chi connectivity index (χ0v) is 10.9. The van der Waals surface area contributed by atoms with Crippen molar-refractivity contribution in [2.45, 2.75) is 6.42 Å². The quantitative estimate of drug-likeness (QED) is 0.907. The molecule has 0 atom stereocenters. The van der Waals surface area contributed by atoms with Gasteiger partial charge in [-0.1, -0.05) is 60.7 Å². The fourth-order valence-electron chi connectivity index (χ4n) is 2.51. The molecule has 1 aliphatic rings. The van der Waals surface area contributed by atoms with Crippen molar-refractivity contribution in [1.29, 1.82) is 0 Å². The standard InChI is InChI=1S/C18H14O2/c19-18(20)15-11-16(13-7-3-1-4-8-13)17(12-15)14-9-5-2-6-10-14/h1-11H,12H2,(H,19,20). The summed E-state index contributed by atoms with van der Waals surface area (Å²) in [6, 6.07) is 19.9. The molecule has 0 aliphatic heterocycles. The summed E-state index contributed by atoms with van der Waals surface area (Å²) in [5.74, 6) is -0.843. The highest BCUT2D eigenvalue weighted by molar-refractivity contribution is 6.06. The summed E-state index contributed by atoms with van der Waals surface area (Å²) in [5.41, 5.74) is 4.67. The van der Waals surface area contributed by atoms with Crippen molar-refractivity contribution in [2.24, 2.45) is 0 Å². The third-order valence-corrected chi connectivity index (χ3v) is 3.49. The van der Waals surface area contributed by atoms with E-state index in [1.807, 2.05) is 60.7 Å². The predicted molar refractivity (Wildman–Crippen MR) is 80.0 cm³/mol. The Balaban J connectivity index is 2.12. The summed E-state index contributed by atoms with van der Waals surface area (Å²) in [4.78, 5) is 11.3. The van der Waals surface area contributed by atoms with Crippen molar-refractivity contribution in [1.82, 2.24) is 0 Å². The molecule has 20 heavy (non-hydrogen) atoms. The highest BCUT2D eigenvalue weighted by Gasteiger charge is 2.22. The lowest BCUT2D eigenvalue weighted by Gasteiger charge is -2.08. The summed E-state index contributed by atoms with van der Waals surface area (Å²) < 4.78 is 0. The molecule has 3 rings (SSSR count). The molecule has 2 nitrogen and oxygen atoms in total. The molecule has 0 saturated heterocycles. The van der Waals surface area contributed by atoms with Crippen LogP contribution in [0, 0.1) is 0 Å². The van der Waals surface area contributed by atoms with Crippen LogP contribution in [0.2, 0.25) is 0 Å². The Bertz CT molecular complexity index is 695. The molecule has 0 radical (unpaired) electrons. The van der Waals surface area contributed by atoms with E-state index in [2.05, 4.69) is 0 Å². The van der Waals surface area contributed by atoms with E-state index in [1.165, 1.54) is 0 Å². The second-order valence-corrected chi connectivity index (χ2v) is 4.78. The van der Waals surface area contributed by atoms with E-state index in [-0.39, 0.29) is 0 Å². The van der Waals surface area contributed by atoms with Crippen LogP contribution in [0.5, 0.6) is 0 Å². The van der Waals surface area contributed by atoms with Gasteiger partial charge in [0.05, 0.1) is 0 Å². The van der Waals surface area contributed by atoms with Gasteiger partial charge in [-0.2, -0.15) is 0 Å². The van der Waals surface area contributed by atoms with Crippen LogP contribution in [-0.4, -0.2) is 11.1 Å². The van der Waals surface area contributed by atoms with Gasteiger partial charge in [0, 0.05) is 12.0 Å². The number of carboxylic acids is 1. The molecule has 0 aromatic heterocycles. The Morgan fingerprint density at radius 3 is 1.95 bits per heavy atom. The van der Waals surface area contributed by atoms with Gasteiger partial charge in [0.15, 0.2) is 0 Å². The topological polar surface area (TPSA) is 37.3 Å². The lowest BCUT2D eigenvalue weighted by Crippen LogP contribution is -1.97. The van der Waals surface area contributed by atoms with Gasteiger partial charge in [-0.15, -0.1) is 0 Å². The SMILES string of the molecule is O=C(O)C1=CC(c2ccccc2)=C(c2ccccc2)C1. The van der Waals surface area contributed by atoms with Crippen molar-refractivity contribution in [3.63, 3.8) is 0 Å². The second kappa shape index (κ2) is 5.17. The highest BCUT2D eigenvalue weighted by Crippen LogP contribution is 2.38. The molecule has 0 spiro atoms. The smallest absolute Gasteiger partial charge is 0.331 e. The van der Waals surface area contributed by atoms with E-state index in [9.17, 15) is 9.90 Å². The van der Waals surface area contributed by atoms with E-state index in [0.29, 0.717) is 12.0 Å². The predicted octanol–water partition coefficient (Wildman–Crippen LogP) is 4.01. The molecule has 2 aromatic rings. The Hall–Kier alpha value is -2.61. The van der Waals surface area contributed by atoms with Gasteiger partial charge in [0.25, 0.3) is 0 Å². The summed E-state index contributed by atoms with van der Waals surface area (Å²) >= 11 is 0. The zero-order valence-electron chi connectivity index (χ0n) is 10.9. The summed E-state index contributed by atoms with van der Waals surface area (Å²) in [5, 5.41) is 9.25. The number of aliphatic carboxylic acids is 1. The normalized spacial score (nSPS) is 14.3. The first-order valence-corrected chi connectivity index (χ1v) is 6.53. The summed E-state index contributed by atoms with van der Waals surface area (Å²) in [6.07, 6.45) is 2.27. The van der Waals surface area contributed by atoms with E-state index < -0.39 is 5.97 Å². The average Bonchev–Trinajstić information content (AvgIpc) is 2.94. The number of hydrogen-bond acceptors (Lipinski definition) is 1. The molecule has 2 aromatic carbocycles. The molecule has 0 amide bonds. The Morgan fingerprint density at radius 2 is 1.40 bits per heavy atom. The van der Waals surface area contributed by atoms with E-state index >= 15 is 0 Å². The average molecular weight is 262 g/mol. The fourth-order valence-corrected chi connectivity index (χ4v) is 2.51. The van der Waals surface area contributed by atoms with E-state index in [4.69, 9.17) is 0 Å². The fraction of sp³-hybridized carbons (Fsp3) is 0.0556. The van der Waals surface area contributed by atoms with Crippen LogP contribution in [-0.2, 0) is 4.79 Å². The van der Waals surface area contributed by atoms with E-state index in [0.717, 1.165) is 22.3 Å². The van der Waals surface area contributed by atoms with Crippen molar-refractivity contribution in [2.75, 3.05) is 0 Å². The number of allylic oxidation sites excluding steroid dienone is 3. The van der Waals surface area contributed by atoms with Crippen LogP contribution in [0.15, 0.2) is 72.3 Å². The minimum Gasteiger partial charge on any atom is -0.478 e. The molecular formula is C18H14O2. The van der Waals surface area contributed by atoms with Crippen LogP contribution < -0.4 is 0 Å². The maximum atomic E-state index is 11.3. The Labute approximate surface area is 117 Å². The summed E-state index contributed by atoms with van der Waals surface area (Å²) in [6.45, 7) is 0. The zero-order chi connectivity index (χ0) is 13.9. The number of carboxylic acid groups (broad SMARTS) is 1. The molecule has 1 aliphatic carbocycles. The largest absolute Gasteiger partial charge is 0.478 e. The van der Waals surface area contributed by atoms with Gasteiger partial charge in [-0.3, -0.25) is 0 Å². The third-order valence-electron chi connectivity index (χ3n) is 3.49. The number of rotatable bonds is 3. The lowest BCUT2D eigenvalue weighted by molar-refractivity contribution is -0.132. The monoisotopic (exact) mass is 262 g/mol. The number of carbonyl (C=O) groups is 1. The molecular weight excluding hydrogens is 248 g/mol. The van der Waals surface area contributed by atoms with Crippen molar-refractivity contribution in [3.8, 4) is 0 Å². The van der Waals surface area contributed by atoms with Crippen LogP contribution in [0.3, 0.4) is 0 Å². The minimum absolute atomic E-state index is 0.447. The van der Waals surface area contributed by atoms with Crippen LogP contribution >= 0.6 is 0 Å². The molecule has 0 bridgehead atoms. The second-order valence-electron chi connectivity index (χ2n) is 4.78. The van der Waals surface area contributed by atoms with Gasteiger partial charge in [0.1, 0.15) is 0 Å². The van der Waals surface area contributed by atoms with Gasteiger partial charge in [0.2, 0.25) is 0 Å². The van der Waals surface area contributed by atoms with Gasteiger partial charge in [-0.05, 0) is 28.3 Å². The van der Waals surface area contributed by atoms with E-state index in [1.54, 1.807) is 6.08 Å². The maximum Gasteiger partial charge on any atom is 0.331 e. The van der Waals surface area contributed by atoms with Gasteiger partial charge >= 0.3 is 5.97 Å². The first-order valence-electron chi connectivity index (χ1n) is 6.53. The highest BCUT2D eigenvalue weighted by atomic mass is 16.4. The lowest BCUT2D eigenvalue weighted by atomic mass is 9.96. The summed E-state index contributed by atoms with van der Waals surface area (Å²) in [7, 11) is 0. The number of benzene rings is 2. The minimum atomic E-state index is -0.843. The van der Waals surface area contributed by atoms with Crippen molar-refractivity contribution in [3.05, 3.63) is 83.4 Å². The molecule has 0 unspecified atom stereocenters. The molecule has 0 saturated carbocycles. The Morgan fingerprint density at radius 1 is 0.850 bits per heavy atom. The van der Waals surface area contributed by atoms with Crippen molar-refractivity contribution >= 4 is 17.1 Å². The number of hydrogen-bond donors (Lipinski definition) is 1. The Kier molecular flexibility index (Phi) is 3.21. The molecule has 0 fully saturated rings. The van der Waals surface area contributed by atoms with Gasteiger partial charge in [-0.25, -0.2) is 4.79 Å². The first-order chi connectivity index (χ1) is 9.75. The van der Waals surface area contributed by atoms with Gasteiger partial charge < -0.3 is 5.11 Å². The molecule has 98 valence electrons. The first kappa shape index (κ1) is 12.4. The maximum absolute atomic E-state index is 11.3. The van der Waals surface area contributed by atoms with Crippen molar-refractivity contribution < 1.29 is 9.90 Å². The van der Waals surface area contributed by atoms with Crippen LogP contribution in [0.4, 0.5) is 0 Å². The molecule has 0 heterocycles. The molecule has 2 heteroatoms.